The van der Waals surface area contributed by atoms with Gasteiger partial charge in [0.1, 0.15) is 5.03 Å². The van der Waals surface area contributed by atoms with Gasteiger partial charge in [-0.2, -0.15) is 0 Å². The molecule has 84 valence electrons. The molecule has 0 saturated carbocycles. The van der Waals surface area contributed by atoms with Crippen molar-refractivity contribution in [1.29, 1.82) is 0 Å². The van der Waals surface area contributed by atoms with Gasteiger partial charge in [0.2, 0.25) is 0 Å². The first-order valence-electron chi connectivity index (χ1n) is 5.13. The van der Waals surface area contributed by atoms with Gasteiger partial charge in [-0.05, 0) is 13.0 Å². The minimum Gasteiger partial charge on any atom is -0.381 e. The predicted octanol–water partition coefficient (Wildman–Crippen LogP) is 1.54. The molecule has 0 aromatic carbocycles. The summed E-state index contributed by atoms with van der Waals surface area (Å²) in [4.78, 5) is 8.15. The molecule has 0 amide bonds. The molecule has 0 saturated heterocycles. The summed E-state index contributed by atoms with van der Waals surface area (Å²) in [5.41, 5.74) is 5.67. The van der Waals surface area contributed by atoms with Crippen LogP contribution in [0.2, 0.25) is 0 Å². The smallest absolute Gasteiger partial charge is 0.156 e. The summed E-state index contributed by atoms with van der Waals surface area (Å²) in [6, 6.07) is 0.552. The van der Waals surface area contributed by atoms with Crippen molar-refractivity contribution in [2.24, 2.45) is 0 Å². The van der Waals surface area contributed by atoms with Crippen LogP contribution in [0.5, 0.6) is 0 Å². The molecule has 0 aliphatic heterocycles. The number of anilines is 1. The fourth-order valence-corrected chi connectivity index (χ4v) is 1.90. The van der Waals surface area contributed by atoms with Crippen molar-refractivity contribution in [3.63, 3.8) is 0 Å². The van der Waals surface area contributed by atoms with E-state index < -0.39 is 0 Å². The van der Waals surface area contributed by atoms with Crippen molar-refractivity contribution in [2.75, 3.05) is 18.0 Å². The van der Waals surface area contributed by atoms with Crippen LogP contribution < -0.4 is 11.1 Å². The van der Waals surface area contributed by atoms with Crippen molar-refractivity contribution < 1.29 is 0 Å². The average Bonchev–Trinajstić information content (AvgIpc) is 2.20. The van der Waals surface area contributed by atoms with Crippen LogP contribution in [0.1, 0.15) is 20.3 Å². The fraction of sp³-hybridized carbons (Fsp3) is 0.600. The van der Waals surface area contributed by atoms with Crippen LogP contribution in [0, 0.1) is 0 Å². The lowest BCUT2D eigenvalue weighted by atomic mass is 10.4. The number of nitrogens with zero attached hydrogens (tertiary/aromatic N) is 2. The Morgan fingerprint density at radius 3 is 2.80 bits per heavy atom. The van der Waals surface area contributed by atoms with Gasteiger partial charge < -0.3 is 11.1 Å². The largest absolute Gasteiger partial charge is 0.381 e. The van der Waals surface area contributed by atoms with E-state index in [-0.39, 0.29) is 0 Å². The number of rotatable bonds is 6. The average molecular weight is 226 g/mol. The zero-order chi connectivity index (χ0) is 11.1. The number of nitrogen functional groups attached to an aromatic ring is 1. The highest BCUT2D eigenvalue weighted by atomic mass is 32.2. The zero-order valence-electron chi connectivity index (χ0n) is 9.23. The van der Waals surface area contributed by atoms with E-state index in [2.05, 4.69) is 29.1 Å². The first-order valence-corrected chi connectivity index (χ1v) is 6.11. The molecule has 1 rings (SSSR count). The maximum Gasteiger partial charge on any atom is 0.156 e. The zero-order valence-corrected chi connectivity index (χ0v) is 10.0. The maximum absolute atomic E-state index is 5.67. The molecule has 1 aromatic rings. The number of hydrogen-bond acceptors (Lipinski definition) is 5. The predicted molar refractivity (Wildman–Crippen MR) is 64.9 cm³/mol. The second kappa shape index (κ2) is 6.63. The van der Waals surface area contributed by atoms with E-state index in [9.17, 15) is 0 Å². The van der Waals surface area contributed by atoms with Crippen LogP contribution in [-0.4, -0.2) is 28.3 Å². The molecule has 0 fully saturated rings. The first-order chi connectivity index (χ1) is 7.20. The number of thioether (sulfide) groups is 1. The van der Waals surface area contributed by atoms with Gasteiger partial charge in [-0.3, -0.25) is 0 Å². The van der Waals surface area contributed by atoms with Gasteiger partial charge >= 0.3 is 0 Å². The summed E-state index contributed by atoms with van der Waals surface area (Å²) >= 11 is 1.66. The Hall–Kier alpha value is -0.810. The van der Waals surface area contributed by atoms with Gasteiger partial charge in [0.25, 0.3) is 0 Å². The lowest BCUT2D eigenvalue weighted by Gasteiger charge is -2.07. The Labute approximate surface area is 95.1 Å². The van der Waals surface area contributed by atoms with Crippen molar-refractivity contribution in [3.8, 4) is 0 Å². The second-order valence-electron chi connectivity index (χ2n) is 3.56. The maximum atomic E-state index is 5.67. The Morgan fingerprint density at radius 2 is 2.13 bits per heavy atom. The lowest BCUT2D eigenvalue weighted by molar-refractivity contribution is 0.586. The normalized spacial score (nSPS) is 10.9. The third-order valence-corrected chi connectivity index (χ3v) is 2.88. The number of aromatic nitrogens is 2. The highest BCUT2D eigenvalue weighted by Crippen LogP contribution is 2.19. The Morgan fingerprint density at radius 1 is 1.40 bits per heavy atom. The molecule has 0 spiro atoms. The number of nitrogens with two attached hydrogens (primary N) is 1. The summed E-state index contributed by atoms with van der Waals surface area (Å²) in [6.07, 6.45) is 4.39. The van der Waals surface area contributed by atoms with Gasteiger partial charge in [0, 0.05) is 24.2 Å². The summed E-state index contributed by atoms with van der Waals surface area (Å²) in [5, 5.41) is 4.20. The molecule has 0 unspecified atom stereocenters. The molecule has 1 aromatic heterocycles. The van der Waals surface area contributed by atoms with E-state index >= 15 is 0 Å². The Bertz CT molecular complexity index is 291. The van der Waals surface area contributed by atoms with E-state index in [1.807, 2.05) is 0 Å². The van der Waals surface area contributed by atoms with E-state index in [0.29, 0.717) is 11.9 Å². The molecule has 5 heteroatoms. The molecule has 0 atom stereocenters. The van der Waals surface area contributed by atoms with E-state index in [0.717, 1.165) is 23.7 Å². The first kappa shape index (κ1) is 12.3. The molecule has 4 nitrogen and oxygen atoms in total. The van der Waals surface area contributed by atoms with Crippen molar-refractivity contribution >= 4 is 17.6 Å². The fourth-order valence-electron chi connectivity index (χ4n) is 1.08. The van der Waals surface area contributed by atoms with E-state index in [1.54, 1.807) is 24.2 Å². The summed E-state index contributed by atoms with van der Waals surface area (Å²) in [6.45, 7) is 5.33. The van der Waals surface area contributed by atoms with Crippen LogP contribution >= 0.6 is 11.8 Å². The quantitative estimate of drug-likeness (QED) is 0.569. The van der Waals surface area contributed by atoms with E-state index in [1.165, 1.54) is 0 Å². The molecular formula is C10H18N4S. The SMILES string of the molecule is CC(C)NCCCSc1nccnc1N. The van der Waals surface area contributed by atoms with Crippen molar-refractivity contribution in [2.45, 2.75) is 31.3 Å². The van der Waals surface area contributed by atoms with E-state index in [4.69, 9.17) is 5.73 Å². The summed E-state index contributed by atoms with van der Waals surface area (Å²) < 4.78 is 0. The topological polar surface area (TPSA) is 63.8 Å². The molecule has 0 aliphatic rings. The number of hydrogen-bond donors (Lipinski definition) is 2. The van der Waals surface area contributed by atoms with Gasteiger partial charge in [0.05, 0.1) is 0 Å². The van der Waals surface area contributed by atoms with Crippen LogP contribution in [-0.2, 0) is 0 Å². The summed E-state index contributed by atoms with van der Waals surface area (Å²) in [5.74, 6) is 1.54. The Balaban J connectivity index is 2.18. The van der Waals surface area contributed by atoms with Crippen LogP contribution in [0.3, 0.4) is 0 Å². The highest BCUT2D eigenvalue weighted by molar-refractivity contribution is 7.99. The van der Waals surface area contributed by atoms with Crippen LogP contribution in [0.15, 0.2) is 17.4 Å². The molecule has 0 bridgehead atoms. The van der Waals surface area contributed by atoms with Crippen molar-refractivity contribution in [3.05, 3.63) is 12.4 Å². The minimum absolute atomic E-state index is 0.527. The standard InChI is InChI=1S/C10H18N4S/c1-8(2)12-4-3-7-15-10-9(11)13-5-6-14-10/h5-6,8,12H,3-4,7H2,1-2H3,(H2,11,13). The van der Waals surface area contributed by atoms with Gasteiger partial charge in [-0.25, -0.2) is 9.97 Å². The van der Waals surface area contributed by atoms with Gasteiger partial charge in [0.15, 0.2) is 5.82 Å². The Kier molecular flexibility index (Phi) is 5.42. The number of nitrogens with one attached hydrogen (secondary N) is 1. The molecular weight excluding hydrogens is 208 g/mol. The summed E-state index contributed by atoms with van der Waals surface area (Å²) in [7, 11) is 0. The third kappa shape index (κ3) is 4.99. The third-order valence-electron chi connectivity index (χ3n) is 1.80. The second-order valence-corrected chi connectivity index (χ2v) is 4.64. The lowest BCUT2D eigenvalue weighted by Crippen LogP contribution is -2.23. The molecule has 1 heterocycles. The van der Waals surface area contributed by atoms with Crippen LogP contribution in [0.4, 0.5) is 5.82 Å². The molecule has 15 heavy (non-hydrogen) atoms. The van der Waals surface area contributed by atoms with Crippen LogP contribution in [0.25, 0.3) is 0 Å². The highest BCUT2D eigenvalue weighted by Gasteiger charge is 2.01. The monoisotopic (exact) mass is 226 g/mol. The van der Waals surface area contributed by atoms with Gasteiger partial charge in [-0.15, -0.1) is 11.8 Å². The minimum atomic E-state index is 0.527. The van der Waals surface area contributed by atoms with Gasteiger partial charge in [-0.1, -0.05) is 13.8 Å². The molecule has 0 radical (unpaired) electrons. The molecule has 0 aliphatic carbocycles. The molecule has 3 N–H and O–H groups in total. The van der Waals surface area contributed by atoms with Crippen molar-refractivity contribution in [1.82, 2.24) is 15.3 Å².